The van der Waals surface area contributed by atoms with Crippen LogP contribution in [0, 0.1) is 17.8 Å². The van der Waals surface area contributed by atoms with Crippen LogP contribution in [0.4, 0.5) is 10.5 Å². The Kier molecular flexibility index (Phi) is 44.2. The molecule has 7 N–H and O–H groups in total. The Hall–Kier alpha value is -11.7. The first-order chi connectivity index (χ1) is 71.5. The van der Waals surface area contributed by atoms with E-state index in [0.29, 0.717) is 90.3 Å². The van der Waals surface area contributed by atoms with E-state index in [1.165, 1.54) is 30.7 Å². The van der Waals surface area contributed by atoms with Crippen molar-refractivity contribution in [2.75, 3.05) is 245 Å². The van der Waals surface area contributed by atoms with Crippen LogP contribution in [0.5, 0.6) is 5.75 Å². The third-order valence-corrected chi connectivity index (χ3v) is 30.3. The molecule has 0 radical (unpaired) electrons. The Balaban J connectivity index is 0.000000185. The highest BCUT2D eigenvalue weighted by Gasteiger charge is 2.53. The van der Waals surface area contributed by atoms with Crippen molar-refractivity contribution in [1.82, 2.24) is 29.4 Å². The molecule has 15 rings (SSSR count). The number of para-hydroxylation sites is 2. The van der Waals surface area contributed by atoms with Gasteiger partial charge in [-0.3, -0.25) is 39.1 Å². The predicted molar refractivity (Wildman–Crippen MR) is 581 cm³/mol. The predicted octanol–water partition coefficient (Wildman–Crippen LogP) is 15.7. The number of nitrogens with one attached hydrogen (secondary N) is 1. The second-order valence-corrected chi connectivity index (χ2v) is 41.0. The van der Waals surface area contributed by atoms with Crippen molar-refractivity contribution in [3.8, 4) is 16.9 Å². The van der Waals surface area contributed by atoms with Gasteiger partial charge in [0.05, 0.1) is 144 Å². The summed E-state index contributed by atoms with van der Waals surface area (Å²) in [5, 5.41) is 2.93. The first-order valence-electron chi connectivity index (χ1n) is 53.1. The third kappa shape index (κ3) is 31.5. The summed E-state index contributed by atoms with van der Waals surface area (Å²) in [5.41, 5.74) is 26.8. The van der Waals surface area contributed by atoms with Crippen LogP contribution in [0.3, 0.4) is 0 Å². The van der Waals surface area contributed by atoms with Crippen molar-refractivity contribution in [3.05, 3.63) is 335 Å². The van der Waals surface area contributed by atoms with Gasteiger partial charge in [-0.05, 0) is 172 Å². The van der Waals surface area contributed by atoms with E-state index in [1.54, 1.807) is 31.4 Å². The second-order valence-electron chi connectivity index (χ2n) is 41.0. The van der Waals surface area contributed by atoms with Gasteiger partial charge in [-0.1, -0.05) is 267 Å². The lowest BCUT2D eigenvalue weighted by atomic mass is 9.64. The Morgan fingerprint density at radius 3 is 1.14 bits per heavy atom. The van der Waals surface area contributed by atoms with E-state index in [4.69, 9.17) is 55.1 Å². The number of carbonyl (C=O) groups is 6. The molecule has 147 heavy (non-hydrogen) atoms. The zero-order chi connectivity index (χ0) is 104. The monoisotopic (exact) mass is 2010 g/mol. The molecular formula is C121H160N12O14+2. The lowest BCUT2D eigenvalue weighted by molar-refractivity contribution is -0.890. The summed E-state index contributed by atoms with van der Waals surface area (Å²) >= 11 is 0. The molecular weight excluding hydrogens is 1850 g/mol. The molecule has 0 aliphatic carbocycles. The molecule has 4 fully saturated rings. The number of nitrogens with zero attached hydrogens (tertiary/aromatic N) is 8. The highest BCUT2D eigenvalue weighted by molar-refractivity contribution is 6.21. The molecule has 5 aliphatic heterocycles. The molecule has 5 aliphatic rings. The standard InChI is InChI=1S/C44H54N4O5.C39H56N4O3.C38H48N4O6/c45-41(49)43(35-13-5-1-6-14-35,36-15-7-2-8-16-36)39-21-23-47(33-39)25-27-51-29-31-53-32-30-52-28-26-48-24-22-40(34-48)44(42(46)50,37-17-9-3-10-18-37)38-19-11-4-12-20-38;1-41(27-29-43(2,3)28-15-5-6-16-30-46-32-33-17-13-14-22-37(33)45-4)25-26-42-24-23-36(31-42)39(38(40)44,34-18-9-7-10-19-34)35-20-11-8-12-21-35;1-42(2,24-11-10-20-41-36(43)33-15-6-7-16-34(33)37(41)44)25-27-47-29-28-46-26-23-40-21-18-31(19-22-40)48-38(45)39-35-17-9-8-14-32(35)30-12-4-3-5-13-30/h1-20,39-40H,21-34H2,(H2,45,49)(H2,46,50);7-14,17-22,36H,5-6,15-16,23-32H2,1-4H3,(H-,40,44);3-9,12-17,31H,10-11,18-29H2,1-2H3/p+2. The number of fused-ring (bicyclic) bond motifs is 1. The van der Waals surface area contributed by atoms with Crippen LogP contribution in [0.2, 0.25) is 0 Å². The molecule has 0 saturated carbocycles. The molecule has 3 unspecified atom stereocenters. The molecule has 0 bridgehead atoms. The Morgan fingerprint density at radius 2 is 0.707 bits per heavy atom. The van der Waals surface area contributed by atoms with E-state index >= 15 is 0 Å². The highest BCUT2D eigenvalue weighted by Crippen LogP contribution is 2.47. The highest BCUT2D eigenvalue weighted by atomic mass is 16.6. The maximum absolute atomic E-state index is 13.4. The number of piperidine rings is 1. The van der Waals surface area contributed by atoms with Gasteiger partial charge in [0, 0.05) is 96.3 Å². The molecule has 786 valence electrons. The summed E-state index contributed by atoms with van der Waals surface area (Å²) in [6.45, 7) is 24.0. The first kappa shape index (κ1) is 112. The Morgan fingerprint density at radius 1 is 0.354 bits per heavy atom. The summed E-state index contributed by atoms with van der Waals surface area (Å²) < 4.78 is 48.1. The van der Waals surface area contributed by atoms with E-state index in [1.807, 2.05) is 231 Å². The molecule has 26 nitrogen and oxygen atoms in total. The smallest absolute Gasteiger partial charge is 0.411 e. The van der Waals surface area contributed by atoms with Crippen molar-refractivity contribution in [2.45, 2.75) is 99.6 Å². The number of anilines is 1. The molecule has 0 spiro atoms. The topological polar surface area (TPSA) is 286 Å². The summed E-state index contributed by atoms with van der Waals surface area (Å²) in [6.07, 6.45) is 10.3. The van der Waals surface area contributed by atoms with Gasteiger partial charge in [0.2, 0.25) is 17.7 Å². The number of rotatable bonds is 57. The molecule has 3 atom stereocenters. The number of hydrogen-bond donors (Lipinski definition) is 4. The summed E-state index contributed by atoms with van der Waals surface area (Å²) in [4.78, 5) is 91.2. The number of nitrogens with two attached hydrogens (primary N) is 3. The molecule has 10 aromatic rings. The number of primary amides is 3. The Labute approximate surface area is 872 Å². The molecule has 5 heterocycles. The van der Waals surface area contributed by atoms with Gasteiger partial charge in [0.15, 0.2) is 0 Å². The van der Waals surface area contributed by atoms with Crippen molar-refractivity contribution in [3.63, 3.8) is 0 Å². The molecule has 10 aromatic carbocycles. The maximum atomic E-state index is 13.4. The van der Waals surface area contributed by atoms with Crippen LogP contribution in [0.15, 0.2) is 285 Å². The summed E-state index contributed by atoms with van der Waals surface area (Å²) in [5.74, 6) is -0.0847. The van der Waals surface area contributed by atoms with Gasteiger partial charge in [0.1, 0.15) is 34.6 Å². The molecule has 4 saturated heterocycles. The number of quaternary nitrogens is 2. The molecule has 6 amide bonds. The minimum absolute atomic E-state index is 0.0623. The van der Waals surface area contributed by atoms with Gasteiger partial charge in [0.25, 0.3) is 11.8 Å². The average molecular weight is 2010 g/mol. The van der Waals surface area contributed by atoms with E-state index in [2.05, 4.69) is 95.4 Å². The number of amides is 6. The van der Waals surface area contributed by atoms with E-state index in [9.17, 15) is 28.8 Å². The van der Waals surface area contributed by atoms with Crippen molar-refractivity contribution in [2.24, 2.45) is 35.0 Å². The molecule has 0 aromatic heterocycles. The lowest BCUT2D eigenvalue weighted by Gasteiger charge is -2.37. The maximum Gasteiger partial charge on any atom is 0.411 e. The van der Waals surface area contributed by atoms with Gasteiger partial charge >= 0.3 is 6.09 Å². The minimum atomic E-state index is -0.882. The van der Waals surface area contributed by atoms with Gasteiger partial charge < -0.3 is 83.7 Å². The van der Waals surface area contributed by atoms with Gasteiger partial charge in [-0.15, -0.1) is 0 Å². The molecule has 26 heteroatoms. The summed E-state index contributed by atoms with van der Waals surface area (Å²) in [7, 11) is 13.0. The Bertz CT molecular complexity index is 5340. The number of likely N-dealkylation sites (tertiary alicyclic amines) is 4. The number of likely N-dealkylation sites (N-methyl/N-ethyl adjacent to an activating group) is 3. The quantitative estimate of drug-likeness (QED) is 0.0156. The number of hydrogen-bond acceptors (Lipinski definition) is 19. The fraction of sp³-hybridized carbons (Fsp3) is 0.455. The van der Waals surface area contributed by atoms with E-state index in [-0.39, 0.29) is 53.4 Å². The minimum Gasteiger partial charge on any atom is -0.496 e. The zero-order valence-electron chi connectivity index (χ0n) is 87.7. The SMILES string of the molecule is COc1ccccc1COCCCCCC[N+](C)(C)CCN(C)CCN1CCC(C(C(N)=O)(c2ccccc2)c2ccccc2)C1.C[N+](C)(CCCCN1C(=O)c2ccccc2C1=O)CCOCCOCCN1CCC(OC(=O)Nc2ccccc2-c2ccccc2)CC1.NC(=O)C(c1ccccc1)(c1ccccc1)C1CCN(CCOCCOCCOCCN2CCC(C(C(N)=O)(c3ccccc3)c3ccccc3)C2)C1. The number of ether oxygens (including phenoxy) is 8. The van der Waals surface area contributed by atoms with Crippen LogP contribution in [-0.4, -0.2) is 319 Å². The zero-order valence-corrected chi connectivity index (χ0v) is 87.7. The van der Waals surface area contributed by atoms with Crippen molar-refractivity contribution >= 4 is 41.3 Å². The fourth-order valence-electron chi connectivity index (χ4n) is 21.9. The van der Waals surface area contributed by atoms with Crippen LogP contribution in [0.1, 0.15) is 130 Å². The van der Waals surface area contributed by atoms with E-state index < -0.39 is 22.3 Å². The van der Waals surface area contributed by atoms with Crippen molar-refractivity contribution < 1.29 is 75.6 Å². The number of carbonyl (C=O) groups excluding carboxylic acids is 6. The third-order valence-electron chi connectivity index (χ3n) is 30.3. The summed E-state index contributed by atoms with van der Waals surface area (Å²) in [6, 6.07) is 93.0. The average Bonchev–Trinajstić information content (AvgIpc) is 1.74. The van der Waals surface area contributed by atoms with Crippen LogP contribution in [0.25, 0.3) is 11.1 Å². The normalized spacial score (nSPS) is 16.6. The van der Waals surface area contributed by atoms with E-state index in [0.717, 1.165) is 240 Å². The fourth-order valence-corrected chi connectivity index (χ4v) is 21.9. The van der Waals surface area contributed by atoms with Crippen molar-refractivity contribution in [1.29, 1.82) is 0 Å². The first-order valence-corrected chi connectivity index (χ1v) is 53.1. The van der Waals surface area contributed by atoms with Gasteiger partial charge in [-0.2, -0.15) is 0 Å². The largest absolute Gasteiger partial charge is 0.496 e. The van der Waals surface area contributed by atoms with Crippen LogP contribution < -0.4 is 27.3 Å². The van der Waals surface area contributed by atoms with Crippen LogP contribution in [-0.2, 0) is 70.4 Å². The second kappa shape index (κ2) is 57.7. The number of methoxy groups -OCH3 is 1. The van der Waals surface area contributed by atoms with Crippen LogP contribution >= 0.6 is 0 Å². The van der Waals surface area contributed by atoms with Gasteiger partial charge in [-0.25, -0.2) is 4.79 Å². The number of imide groups is 1. The number of unbranched alkanes of at least 4 members (excludes halogenated alkanes) is 4. The lowest BCUT2D eigenvalue weighted by Crippen LogP contribution is -2.49. The number of benzene rings is 10.